The summed E-state index contributed by atoms with van der Waals surface area (Å²) in [6, 6.07) is 4.21. The molecule has 0 unspecified atom stereocenters. The molecule has 27 heavy (non-hydrogen) atoms. The summed E-state index contributed by atoms with van der Waals surface area (Å²) >= 11 is 1.38. The summed E-state index contributed by atoms with van der Waals surface area (Å²) in [6.45, 7) is 13.6. The summed E-state index contributed by atoms with van der Waals surface area (Å²) in [5.74, 6) is 0. The lowest BCUT2D eigenvalue weighted by molar-refractivity contribution is 0.0110. The SMILES string of the molecule is CC(C)(C)OC(=O)N1CCC2(CC1)Cc1cccnc1C2.CC(C)(C)SN. The van der Waals surface area contributed by atoms with Crippen molar-refractivity contribution in [2.24, 2.45) is 10.6 Å². The zero-order valence-electron chi connectivity index (χ0n) is 17.7. The van der Waals surface area contributed by atoms with Crippen molar-refractivity contribution >= 4 is 18.0 Å². The van der Waals surface area contributed by atoms with Crippen LogP contribution in [-0.4, -0.2) is 39.4 Å². The van der Waals surface area contributed by atoms with Gasteiger partial charge in [0, 0.05) is 29.7 Å². The van der Waals surface area contributed by atoms with E-state index in [2.05, 4.69) is 31.8 Å². The van der Waals surface area contributed by atoms with Gasteiger partial charge < -0.3 is 9.64 Å². The van der Waals surface area contributed by atoms with Gasteiger partial charge in [-0.3, -0.25) is 10.1 Å². The van der Waals surface area contributed by atoms with E-state index >= 15 is 0 Å². The third kappa shape index (κ3) is 6.68. The van der Waals surface area contributed by atoms with Crippen LogP contribution in [0.15, 0.2) is 18.3 Å². The lowest BCUT2D eigenvalue weighted by Crippen LogP contribution is -2.45. The Morgan fingerprint density at radius 2 is 1.78 bits per heavy atom. The van der Waals surface area contributed by atoms with Crippen molar-refractivity contribution in [1.29, 1.82) is 0 Å². The number of ether oxygens (including phenoxy) is 1. The molecule has 5 nitrogen and oxygen atoms in total. The van der Waals surface area contributed by atoms with Crippen molar-refractivity contribution in [2.45, 2.75) is 77.6 Å². The highest BCUT2D eigenvalue weighted by Crippen LogP contribution is 2.43. The molecule has 2 aliphatic rings. The largest absolute Gasteiger partial charge is 0.444 e. The first kappa shape index (κ1) is 22.0. The van der Waals surface area contributed by atoms with Crippen LogP contribution in [0.4, 0.5) is 4.79 Å². The predicted octanol–water partition coefficient (Wildman–Crippen LogP) is 4.59. The van der Waals surface area contributed by atoms with Crippen molar-refractivity contribution in [2.75, 3.05) is 13.1 Å². The molecular weight excluding hydrogens is 358 g/mol. The highest BCUT2D eigenvalue weighted by atomic mass is 32.2. The van der Waals surface area contributed by atoms with E-state index in [0.29, 0.717) is 5.41 Å². The fourth-order valence-electron chi connectivity index (χ4n) is 3.46. The van der Waals surface area contributed by atoms with Gasteiger partial charge in [-0.25, -0.2) is 4.79 Å². The monoisotopic (exact) mass is 393 g/mol. The number of nitrogens with two attached hydrogens (primary N) is 1. The third-order valence-corrected chi connectivity index (χ3v) is 5.63. The number of piperidine rings is 1. The molecule has 0 saturated carbocycles. The smallest absolute Gasteiger partial charge is 0.410 e. The van der Waals surface area contributed by atoms with Gasteiger partial charge >= 0.3 is 6.09 Å². The molecule has 1 aliphatic carbocycles. The lowest BCUT2D eigenvalue weighted by atomic mass is 9.76. The van der Waals surface area contributed by atoms with Crippen LogP contribution in [0.2, 0.25) is 0 Å². The zero-order valence-corrected chi connectivity index (χ0v) is 18.5. The number of likely N-dealkylation sites (tertiary alicyclic amines) is 1. The number of aromatic nitrogens is 1. The van der Waals surface area contributed by atoms with Crippen LogP contribution < -0.4 is 5.14 Å². The summed E-state index contributed by atoms with van der Waals surface area (Å²) in [6.07, 6.45) is 5.97. The van der Waals surface area contributed by atoms with Crippen molar-refractivity contribution in [3.63, 3.8) is 0 Å². The second kappa shape index (κ2) is 8.39. The molecule has 2 N–H and O–H groups in total. The Balaban J connectivity index is 0.000000380. The van der Waals surface area contributed by atoms with E-state index in [1.54, 1.807) is 0 Å². The molecule has 6 heteroatoms. The Morgan fingerprint density at radius 3 is 2.26 bits per heavy atom. The Morgan fingerprint density at radius 1 is 1.19 bits per heavy atom. The van der Waals surface area contributed by atoms with E-state index in [1.165, 1.54) is 23.2 Å². The highest BCUT2D eigenvalue weighted by Gasteiger charge is 2.41. The minimum Gasteiger partial charge on any atom is -0.444 e. The summed E-state index contributed by atoms with van der Waals surface area (Å²) < 4.78 is 5.70. The highest BCUT2D eigenvalue weighted by molar-refractivity contribution is 7.98. The second-order valence-corrected chi connectivity index (χ2v) is 11.1. The molecule has 1 aromatic heterocycles. The maximum atomic E-state index is 12.1. The summed E-state index contributed by atoms with van der Waals surface area (Å²) in [5.41, 5.74) is 2.54. The molecule has 2 heterocycles. The number of rotatable bonds is 0. The van der Waals surface area contributed by atoms with Crippen LogP contribution in [0.3, 0.4) is 0 Å². The summed E-state index contributed by atoms with van der Waals surface area (Å²) in [4.78, 5) is 18.5. The van der Waals surface area contributed by atoms with Crippen LogP contribution >= 0.6 is 11.9 Å². The zero-order chi connectivity index (χ0) is 20.3. The molecule has 0 atom stereocenters. The van der Waals surface area contributed by atoms with Gasteiger partial charge in [-0.2, -0.15) is 0 Å². The maximum Gasteiger partial charge on any atom is 0.410 e. The first-order valence-corrected chi connectivity index (χ1v) is 10.6. The van der Waals surface area contributed by atoms with Gasteiger partial charge in [0.25, 0.3) is 0 Å². The molecule has 152 valence electrons. The van der Waals surface area contributed by atoms with E-state index in [4.69, 9.17) is 9.88 Å². The molecule has 1 aliphatic heterocycles. The van der Waals surface area contributed by atoms with Gasteiger partial charge in [0.1, 0.15) is 5.60 Å². The summed E-state index contributed by atoms with van der Waals surface area (Å²) in [7, 11) is 0. The van der Waals surface area contributed by atoms with E-state index in [-0.39, 0.29) is 10.8 Å². The van der Waals surface area contributed by atoms with E-state index in [1.807, 2.05) is 37.9 Å². The van der Waals surface area contributed by atoms with E-state index in [9.17, 15) is 4.79 Å². The topological polar surface area (TPSA) is 68.5 Å². The number of fused-ring (bicyclic) bond motifs is 1. The Labute approximate surface area is 168 Å². The molecule has 1 spiro atoms. The van der Waals surface area contributed by atoms with Crippen LogP contribution in [0.5, 0.6) is 0 Å². The molecule has 1 saturated heterocycles. The Hall–Kier alpha value is -1.27. The minimum absolute atomic E-state index is 0.175. The van der Waals surface area contributed by atoms with E-state index < -0.39 is 5.60 Å². The average molecular weight is 394 g/mol. The Bertz CT molecular complexity index is 615. The van der Waals surface area contributed by atoms with E-state index in [0.717, 1.165) is 38.8 Å². The lowest BCUT2D eigenvalue weighted by Gasteiger charge is -2.39. The first-order valence-electron chi connectivity index (χ1n) is 9.72. The second-order valence-electron chi connectivity index (χ2n) is 9.66. The van der Waals surface area contributed by atoms with Crippen LogP contribution in [0, 0.1) is 5.41 Å². The quantitative estimate of drug-likeness (QED) is 0.653. The number of amides is 1. The fraction of sp³-hybridized carbons (Fsp3) is 0.714. The minimum atomic E-state index is -0.417. The molecule has 3 rings (SSSR count). The van der Waals surface area contributed by atoms with Gasteiger partial charge in [0.05, 0.1) is 0 Å². The molecule has 0 aromatic carbocycles. The fourth-order valence-corrected chi connectivity index (χ4v) is 3.46. The van der Waals surface area contributed by atoms with Gasteiger partial charge in [0.2, 0.25) is 0 Å². The molecule has 0 radical (unpaired) electrons. The van der Waals surface area contributed by atoms with Gasteiger partial charge in [-0.1, -0.05) is 18.0 Å². The number of carbonyl (C=O) groups is 1. The standard InChI is InChI=1S/C17H24N2O2.C4H11NS/c1-16(2,3)21-15(20)19-9-6-17(7-10-19)11-13-5-4-8-18-14(13)12-17;1-4(2,3)6-5/h4-5,8H,6-7,9-12H2,1-3H3;5H2,1-3H3. The normalized spacial score (nSPS) is 18.6. The number of carbonyl (C=O) groups excluding carboxylic acids is 1. The van der Waals surface area contributed by atoms with Crippen LogP contribution in [-0.2, 0) is 17.6 Å². The maximum absolute atomic E-state index is 12.1. The molecule has 0 bridgehead atoms. The van der Waals surface area contributed by atoms with Gasteiger partial charge in [-0.15, -0.1) is 0 Å². The van der Waals surface area contributed by atoms with Gasteiger partial charge in [-0.05, 0) is 84.3 Å². The molecular formula is C21H35N3O2S. The van der Waals surface area contributed by atoms with Crippen molar-refractivity contribution in [3.8, 4) is 0 Å². The number of pyridine rings is 1. The molecule has 1 amide bonds. The Kier molecular flexibility index (Phi) is 6.85. The van der Waals surface area contributed by atoms with Crippen LogP contribution in [0.25, 0.3) is 0 Å². The third-order valence-electron chi connectivity index (χ3n) is 4.92. The van der Waals surface area contributed by atoms with Crippen molar-refractivity contribution in [1.82, 2.24) is 9.88 Å². The van der Waals surface area contributed by atoms with Crippen molar-refractivity contribution < 1.29 is 9.53 Å². The van der Waals surface area contributed by atoms with Crippen molar-refractivity contribution in [3.05, 3.63) is 29.6 Å². The predicted molar refractivity (Wildman–Crippen MR) is 113 cm³/mol. The average Bonchev–Trinajstić information content (AvgIpc) is 2.91. The summed E-state index contributed by atoms with van der Waals surface area (Å²) in [5, 5.41) is 5.22. The van der Waals surface area contributed by atoms with Gasteiger partial charge in [0.15, 0.2) is 0 Å². The number of hydrogen-bond donors (Lipinski definition) is 1. The molecule has 1 aromatic rings. The van der Waals surface area contributed by atoms with Crippen LogP contribution in [0.1, 0.15) is 65.6 Å². The number of nitrogens with zero attached hydrogens (tertiary/aromatic N) is 2. The molecule has 1 fully saturated rings. The number of hydrogen-bond acceptors (Lipinski definition) is 5. The first-order chi connectivity index (χ1) is 12.4.